The first kappa shape index (κ1) is 13.2. The highest BCUT2D eigenvalue weighted by Crippen LogP contribution is 2.24. The van der Waals surface area contributed by atoms with Crippen LogP contribution < -0.4 is 10.2 Å². The van der Waals surface area contributed by atoms with Crippen molar-refractivity contribution in [1.29, 1.82) is 0 Å². The minimum Gasteiger partial charge on any atom is -0.277 e. The molecule has 1 unspecified atom stereocenters. The van der Waals surface area contributed by atoms with Crippen LogP contribution in [0.5, 0.6) is 0 Å². The Hall–Kier alpha value is -2.24. The van der Waals surface area contributed by atoms with Crippen molar-refractivity contribution in [2.24, 2.45) is 5.92 Å². The van der Waals surface area contributed by atoms with E-state index in [2.05, 4.69) is 10.3 Å². The van der Waals surface area contributed by atoms with Gasteiger partial charge in [0.05, 0.1) is 11.9 Å². The molecule has 0 radical (unpaired) electrons. The van der Waals surface area contributed by atoms with Gasteiger partial charge < -0.3 is 0 Å². The molecule has 0 saturated carbocycles. The maximum absolute atomic E-state index is 12.3. The first-order chi connectivity index (χ1) is 9.06. The minimum absolute atomic E-state index is 0.415. The summed E-state index contributed by atoms with van der Waals surface area (Å²) >= 11 is 0. The van der Waals surface area contributed by atoms with Crippen LogP contribution >= 0.6 is 0 Å². The van der Waals surface area contributed by atoms with E-state index >= 15 is 0 Å². The van der Waals surface area contributed by atoms with Crippen molar-refractivity contribution in [2.75, 3.05) is 4.90 Å². The zero-order valence-corrected chi connectivity index (χ0v) is 10.8. The fourth-order valence-electron chi connectivity index (χ4n) is 2.08. The van der Waals surface area contributed by atoms with Crippen LogP contribution in [-0.2, 0) is 9.59 Å². The maximum Gasteiger partial charge on any atom is 0.335 e. The number of aryl methyl sites for hydroxylation is 1. The highest BCUT2D eigenvalue weighted by atomic mass is 16.2. The monoisotopic (exact) mass is 261 g/mol. The topological polar surface area (TPSA) is 79.4 Å². The van der Waals surface area contributed by atoms with E-state index in [9.17, 15) is 14.4 Å². The van der Waals surface area contributed by atoms with Gasteiger partial charge in [0.15, 0.2) is 0 Å². The molecule has 19 heavy (non-hydrogen) atoms. The molecule has 1 aromatic heterocycles. The van der Waals surface area contributed by atoms with E-state index in [0.717, 1.165) is 10.5 Å². The Balaban J connectivity index is 2.39. The molecular formula is C13H15N3O3. The second kappa shape index (κ2) is 5.17. The molecule has 1 aliphatic heterocycles. The summed E-state index contributed by atoms with van der Waals surface area (Å²) in [6, 6.07) is 1.000. The molecule has 1 atom stereocenters. The maximum atomic E-state index is 12.3. The lowest BCUT2D eigenvalue weighted by atomic mass is 9.98. The van der Waals surface area contributed by atoms with Crippen LogP contribution in [0.3, 0.4) is 0 Å². The summed E-state index contributed by atoms with van der Waals surface area (Å²) in [6.07, 6.45) is 4.15. The first-order valence-corrected chi connectivity index (χ1v) is 6.15. The van der Waals surface area contributed by atoms with E-state index in [1.807, 2.05) is 6.92 Å². The molecular weight excluding hydrogens is 246 g/mol. The fourth-order valence-corrected chi connectivity index (χ4v) is 2.08. The predicted molar refractivity (Wildman–Crippen MR) is 68.4 cm³/mol. The number of anilines is 1. The number of pyridine rings is 1. The van der Waals surface area contributed by atoms with E-state index in [1.165, 1.54) is 6.20 Å². The summed E-state index contributed by atoms with van der Waals surface area (Å²) in [6.45, 7) is 3.67. The van der Waals surface area contributed by atoms with Gasteiger partial charge in [0.1, 0.15) is 5.92 Å². The molecule has 100 valence electrons. The van der Waals surface area contributed by atoms with Crippen LogP contribution in [0.4, 0.5) is 10.5 Å². The number of amides is 4. The van der Waals surface area contributed by atoms with E-state index in [0.29, 0.717) is 18.5 Å². The number of rotatable bonds is 3. The van der Waals surface area contributed by atoms with Crippen molar-refractivity contribution in [3.05, 3.63) is 24.0 Å². The lowest BCUT2D eigenvalue weighted by Gasteiger charge is -2.30. The average Bonchev–Trinajstić information content (AvgIpc) is 2.36. The smallest absolute Gasteiger partial charge is 0.277 e. The van der Waals surface area contributed by atoms with Crippen molar-refractivity contribution in [3.8, 4) is 0 Å². The van der Waals surface area contributed by atoms with Crippen LogP contribution in [0, 0.1) is 12.8 Å². The van der Waals surface area contributed by atoms with E-state index in [4.69, 9.17) is 0 Å². The fraction of sp³-hybridized carbons (Fsp3) is 0.385. The third-order valence-corrected chi connectivity index (χ3v) is 3.10. The molecule has 2 heterocycles. The lowest BCUT2D eigenvalue weighted by molar-refractivity contribution is -0.134. The summed E-state index contributed by atoms with van der Waals surface area (Å²) in [7, 11) is 0. The Morgan fingerprint density at radius 1 is 1.37 bits per heavy atom. The third kappa shape index (κ3) is 2.33. The molecule has 0 spiro atoms. The number of hydrogen-bond acceptors (Lipinski definition) is 4. The minimum atomic E-state index is -0.803. The van der Waals surface area contributed by atoms with Crippen molar-refractivity contribution in [2.45, 2.75) is 26.7 Å². The van der Waals surface area contributed by atoms with Gasteiger partial charge in [0, 0.05) is 6.20 Å². The molecule has 1 aliphatic rings. The first-order valence-electron chi connectivity index (χ1n) is 6.15. The summed E-state index contributed by atoms with van der Waals surface area (Å²) in [5.41, 5.74) is 1.17. The van der Waals surface area contributed by atoms with E-state index < -0.39 is 23.8 Å². The van der Waals surface area contributed by atoms with Gasteiger partial charge >= 0.3 is 6.03 Å². The van der Waals surface area contributed by atoms with Crippen LogP contribution in [0.25, 0.3) is 0 Å². The van der Waals surface area contributed by atoms with Crippen LogP contribution in [0.2, 0.25) is 0 Å². The molecule has 6 nitrogen and oxygen atoms in total. The second-order valence-electron chi connectivity index (χ2n) is 4.47. The molecule has 0 aliphatic carbocycles. The number of imide groups is 2. The molecule has 0 bridgehead atoms. The second-order valence-corrected chi connectivity index (χ2v) is 4.47. The Bertz CT molecular complexity index is 542. The number of aromatic nitrogens is 1. The molecule has 1 fully saturated rings. The Kier molecular flexibility index (Phi) is 3.59. The Morgan fingerprint density at radius 3 is 2.74 bits per heavy atom. The SMILES string of the molecule is CCCC1C(=O)NC(=O)N(c2cnccc2C)C1=O. The molecule has 2 rings (SSSR count). The van der Waals surface area contributed by atoms with Crippen LogP contribution in [-0.4, -0.2) is 22.8 Å². The molecule has 1 N–H and O–H groups in total. The van der Waals surface area contributed by atoms with Crippen molar-refractivity contribution >= 4 is 23.5 Å². The quantitative estimate of drug-likeness (QED) is 0.834. The number of carbonyl (C=O) groups is 3. The highest BCUT2D eigenvalue weighted by molar-refractivity contribution is 6.27. The number of urea groups is 1. The number of nitrogens with one attached hydrogen (secondary N) is 1. The number of hydrogen-bond donors (Lipinski definition) is 1. The van der Waals surface area contributed by atoms with Crippen molar-refractivity contribution in [1.82, 2.24) is 10.3 Å². The third-order valence-electron chi connectivity index (χ3n) is 3.10. The zero-order chi connectivity index (χ0) is 14.0. The van der Waals surface area contributed by atoms with E-state index in [-0.39, 0.29) is 0 Å². The number of carbonyl (C=O) groups excluding carboxylic acids is 3. The van der Waals surface area contributed by atoms with Gasteiger partial charge in [-0.1, -0.05) is 13.3 Å². The van der Waals surface area contributed by atoms with Gasteiger partial charge in [-0.25, -0.2) is 9.69 Å². The highest BCUT2D eigenvalue weighted by Gasteiger charge is 2.41. The average molecular weight is 261 g/mol. The van der Waals surface area contributed by atoms with Gasteiger partial charge in [-0.05, 0) is 25.0 Å². The molecule has 4 amide bonds. The Labute approximate surface area is 110 Å². The summed E-state index contributed by atoms with van der Waals surface area (Å²) in [4.78, 5) is 40.8. The van der Waals surface area contributed by atoms with Gasteiger partial charge in [0.2, 0.25) is 11.8 Å². The number of barbiturate groups is 1. The van der Waals surface area contributed by atoms with Gasteiger partial charge in [-0.2, -0.15) is 0 Å². The molecule has 6 heteroatoms. The number of nitrogens with zero attached hydrogens (tertiary/aromatic N) is 2. The van der Waals surface area contributed by atoms with Gasteiger partial charge in [-0.3, -0.25) is 19.9 Å². The Morgan fingerprint density at radius 2 is 2.11 bits per heavy atom. The van der Waals surface area contributed by atoms with Crippen molar-refractivity contribution < 1.29 is 14.4 Å². The summed E-state index contributed by atoms with van der Waals surface area (Å²) in [5.74, 6) is -1.80. The van der Waals surface area contributed by atoms with Gasteiger partial charge in [-0.15, -0.1) is 0 Å². The lowest BCUT2D eigenvalue weighted by Crippen LogP contribution is -2.58. The largest absolute Gasteiger partial charge is 0.335 e. The summed E-state index contributed by atoms with van der Waals surface area (Å²) < 4.78 is 0. The molecule has 0 aromatic carbocycles. The predicted octanol–water partition coefficient (Wildman–Crippen LogP) is 1.39. The normalized spacial score (nSPS) is 19.6. The molecule has 1 saturated heterocycles. The summed E-state index contributed by atoms with van der Waals surface area (Å²) in [5, 5.41) is 2.22. The van der Waals surface area contributed by atoms with Gasteiger partial charge in [0.25, 0.3) is 0 Å². The van der Waals surface area contributed by atoms with E-state index in [1.54, 1.807) is 19.2 Å². The van der Waals surface area contributed by atoms with Crippen LogP contribution in [0.15, 0.2) is 18.5 Å². The standard InChI is InChI=1S/C13H15N3O3/c1-3-4-9-11(17)15-13(19)16(12(9)18)10-7-14-6-5-8(10)2/h5-7,9H,3-4H2,1-2H3,(H,15,17,19). The van der Waals surface area contributed by atoms with Crippen LogP contribution in [0.1, 0.15) is 25.3 Å². The zero-order valence-electron chi connectivity index (χ0n) is 10.8. The van der Waals surface area contributed by atoms with Crippen molar-refractivity contribution in [3.63, 3.8) is 0 Å². The molecule has 1 aromatic rings.